The van der Waals surface area contributed by atoms with Crippen LogP contribution in [0.3, 0.4) is 0 Å². The summed E-state index contributed by atoms with van der Waals surface area (Å²) in [5.74, 6) is -0.721. The number of nitrogens with one attached hydrogen (secondary N) is 4. The van der Waals surface area contributed by atoms with E-state index >= 15 is 0 Å². The topological polar surface area (TPSA) is 156 Å². The number of aromatic amines is 2. The van der Waals surface area contributed by atoms with Crippen LogP contribution in [0.2, 0.25) is 0 Å². The summed E-state index contributed by atoms with van der Waals surface area (Å²) in [7, 11) is 2.97. The lowest BCUT2D eigenvalue weighted by atomic mass is 10.1. The van der Waals surface area contributed by atoms with Crippen molar-refractivity contribution < 1.29 is 23.9 Å². The Morgan fingerprint density at radius 2 is 1.32 bits per heavy atom. The zero-order valence-electron chi connectivity index (χ0n) is 21.9. The number of fused-ring (bicyclic) bond motifs is 2. The Labute approximate surface area is 240 Å². The minimum atomic E-state index is -0.451. The first-order chi connectivity index (χ1) is 18.9. The molecule has 2 aromatic heterocycles. The van der Waals surface area contributed by atoms with E-state index in [9.17, 15) is 14.4 Å². The molecule has 0 aliphatic rings. The summed E-state index contributed by atoms with van der Waals surface area (Å²) < 4.78 is 9.47. The van der Waals surface area contributed by atoms with Gasteiger partial charge in [-0.25, -0.2) is 4.85 Å². The first-order valence-corrected chi connectivity index (χ1v) is 12.2. The summed E-state index contributed by atoms with van der Waals surface area (Å²) >= 11 is 0. The van der Waals surface area contributed by atoms with Crippen molar-refractivity contribution in [2.75, 3.05) is 40.5 Å². The molecule has 6 N–H and O–H groups in total. The molecule has 4 rings (SSSR count). The summed E-state index contributed by atoms with van der Waals surface area (Å²) in [5, 5.41) is 7.51. The van der Waals surface area contributed by atoms with Crippen LogP contribution in [0.4, 0.5) is 5.69 Å². The first kappa shape index (κ1) is 34.4. The number of ether oxygens (including phenoxy) is 2. The molecule has 0 atom stereocenters. The third-order valence-electron chi connectivity index (χ3n) is 5.92. The van der Waals surface area contributed by atoms with E-state index in [2.05, 4.69) is 25.4 Å². The van der Waals surface area contributed by atoms with Crippen LogP contribution in [0.5, 0.6) is 0 Å². The lowest BCUT2D eigenvalue weighted by Crippen LogP contribution is -2.28. The van der Waals surface area contributed by atoms with Gasteiger partial charge in [-0.1, -0.05) is 20.9 Å². The van der Waals surface area contributed by atoms with E-state index in [-0.39, 0.29) is 39.9 Å². The van der Waals surface area contributed by atoms with E-state index in [4.69, 9.17) is 21.8 Å². The van der Waals surface area contributed by atoms with Crippen molar-refractivity contribution in [3.05, 3.63) is 76.9 Å². The van der Waals surface area contributed by atoms with E-state index < -0.39 is 5.91 Å². The second kappa shape index (κ2) is 17.1. The van der Waals surface area contributed by atoms with Crippen LogP contribution in [-0.4, -0.2) is 68.2 Å². The molecule has 2 aromatic carbocycles. The monoisotopic (exact) mass is 564 g/mol. The Morgan fingerprint density at radius 1 is 0.829 bits per heavy atom. The number of hydrogen-bond donors (Lipinski definition) is 5. The maximum absolute atomic E-state index is 11.3. The third kappa shape index (κ3) is 9.79. The van der Waals surface area contributed by atoms with Gasteiger partial charge in [0.2, 0.25) is 17.7 Å². The number of carbonyl (C=O) groups is 3. The van der Waals surface area contributed by atoms with Gasteiger partial charge in [0, 0.05) is 61.7 Å². The summed E-state index contributed by atoms with van der Waals surface area (Å²) in [6.45, 7) is 8.22. The van der Waals surface area contributed by atoms with E-state index in [1.54, 1.807) is 18.2 Å². The van der Waals surface area contributed by atoms with Crippen molar-refractivity contribution in [3.63, 3.8) is 0 Å². The molecule has 0 unspecified atom stereocenters. The second-order valence-corrected chi connectivity index (χ2v) is 8.66. The Balaban J connectivity index is 0.000000391. The van der Waals surface area contributed by atoms with Gasteiger partial charge in [0.05, 0.1) is 6.57 Å². The van der Waals surface area contributed by atoms with Gasteiger partial charge in [0.25, 0.3) is 0 Å². The van der Waals surface area contributed by atoms with Crippen molar-refractivity contribution >= 4 is 45.2 Å². The van der Waals surface area contributed by atoms with Gasteiger partial charge < -0.3 is 35.8 Å². The van der Waals surface area contributed by atoms with Gasteiger partial charge in [-0.2, -0.15) is 0 Å². The van der Waals surface area contributed by atoms with Gasteiger partial charge in [-0.05, 0) is 59.7 Å². The number of nitrogens with zero attached hydrogens (tertiary/aromatic N) is 1. The molecule has 0 aliphatic heterocycles. The Bertz CT molecular complexity index is 1480. The largest absolute Gasteiger partial charge is 0.375 e. The fourth-order valence-corrected chi connectivity index (χ4v) is 4.02. The van der Waals surface area contributed by atoms with Crippen LogP contribution in [0, 0.1) is 6.57 Å². The van der Waals surface area contributed by atoms with Crippen molar-refractivity contribution in [3.8, 4) is 0 Å². The van der Waals surface area contributed by atoms with E-state index in [0.717, 1.165) is 39.4 Å². The summed E-state index contributed by atoms with van der Waals surface area (Å²) in [5.41, 5.74) is 10.4. The Morgan fingerprint density at radius 3 is 1.78 bits per heavy atom. The number of primary amides is 1. The molecule has 0 radical (unpaired) electrons. The van der Waals surface area contributed by atoms with Crippen LogP contribution in [-0.2, 0) is 31.9 Å². The van der Waals surface area contributed by atoms with E-state index in [1.165, 1.54) is 14.2 Å². The molecular weight excluding hydrogens is 524 g/mol. The van der Waals surface area contributed by atoms with Crippen LogP contribution >= 0.6 is 0 Å². The van der Waals surface area contributed by atoms with Crippen LogP contribution in [0.25, 0.3) is 26.7 Å². The lowest BCUT2D eigenvalue weighted by Gasteiger charge is -2.04. The molecule has 3 amide bonds. The van der Waals surface area contributed by atoms with E-state index in [1.807, 2.05) is 30.6 Å². The fourth-order valence-electron chi connectivity index (χ4n) is 4.02. The maximum atomic E-state index is 11.3. The van der Waals surface area contributed by atoms with Gasteiger partial charge in [-0.15, -0.1) is 0 Å². The molecule has 0 saturated carbocycles. The van der Waals surface area contributed by atoms with Gasteiger partial charge in [-0.3, -0.25) is 14.4 Å². The molecule has 4 aromatic rings. The zero-order chi connectivity index (χ0) is 28.2. The highest BCUT2D eigenvalue weighted by Gasteiger charge is 2.08. The van der Waals surface area contributed by atoms with Crippen molar-refractivity contribution in [2.24, 2.45) is 5.73 Å². The first-order valence-electron chi connectivity index (χ1n) is 12.2. The summed E-state index contributed by atoms with van der Waals surface area (Å²) in [6.07, 6.45) is 5.17. The minimum absolute atomic E-state index is 0. The van der Waals surface area contributed by atoms with Crippen molar-refractivity contribution in [1.29, 1.82) is 0 Å². The molecular formula is C30H40N6O5. The number of benzene rings is 2. The normalized spacial score (nSPS) is 9.98. The number of carbonyl (C=O) groups excluding carboxylic acids is 3. The number of amides is 3. The highest BCUT2D eigenvalue weighted by molar-refractivity contribution is 5.97. The van der Waals surface area contributed by atoms with Crippen molar-refractivity contribution in [2.45, 2.75) is 27.7 Å². The maximum Gasteiger partial charge on any atom is 0.248 e. The molecule has 41 heavy (non-hydrogen) atoms. The average molecular weight is 565 g/mol. The summed E-state index contributed by atoms with van der Waals surface area (Å²) in [4.78, 5) is 43.4. The van der Waals surface area contributed by atoms with E-state index in [0.29, 0.717) is 30.8 Å². The smallest absolute Gasteiger partial charge is 0.248 e. The molecule has 0 aliphatic carbocycles. The molecule has 11 nitrogen and oxygen atoms in total. The molecule has 2 heterocycles. The molecule has 220 valence electrons. The average Bonchev–Trinajstić information content (AvgIpc) is 3.52. The zero-order valence-corrected chi connectivity index (χ0v) is 21.9. The quantitative estimate of drug-likeness (QED) is 0.175. The number of hydrogen-bond acceptors (Lipinski definition) is 5. The van der Waals surface area contributed by atoms with Crippen LogP contribution in [0.1, 0.15) is 36.3 Å². The number of aromatic nitrogens is 2. The lowest BCUT2D eigenvalue weighted by molar-refractivity contribution is -0.125. The molecule has 0 bridgehead atoms. The Kier molecular flexibility index (Phi) is 14.3. The predicted octanol–water partition coefficient (Wildman–Crippen LogP) is 3.87. The number of rotatable bonds is 11. The predicted molar refractivity (Wildman–Crippen MR) is 162 cm³/mol. The van der Waals surface area contributed by atoms with Crippen molar-refractivity contribution in [1.82, 2.24) is 20.6 Å². The molecule has 0 spiro atoms. The molecule has 11 heteroatoms. The number of methoxy groups -OCH3 is 2. The second-order valence-electron chi connectivity index (χ2n) is 8.66. The highest BCUT2D eigenvalue weighted by Crippen LogP contribution is 2.24. The Hall–Kier alpha value is -4.66. The van der Waals surface area contributed by atoms with Gasteiger partial charge >= 0.3 is 0 Å². The molecule has 0 saturated heterocycles. The number of H-pyrrole nitrogens is 2. The van der Waals surface area contributed by atoms with Gasteiger partial charge in [0.15, 0.2) is 5.69 Å². The fraction of sp³-hybridized carbons (Fsp3) is 0.333. The van der Waals surface area contributed by atoms with Gasteiger partial charge in [0.1, 0.15) is 13.2 Å². The SMILES string of the molecule is C.C.COCC(=O)NCCc1c[nH]c2ccc(C(N)=O)cc12.[C-]#[N+]c1ccc2[nH]cc(CCNC(=O)COC)c2c1. The third-order valence-corrected chi connectivity index (χ3v) is 5.92. The van der Waals surface area contributed by atoms with Crippen LogP contribution in [0.15, 0.2) is 48.8 Å². The summed E-state index contributed by atoms with van der Waals surface area (Å²) in [6, 6.07) is 10.8. The highest BCUT2D eigenvalue weighted by atomic mass is 16.5. The number of nitrogens with two attached hydrogens (primary N) is 1. The molecule has 0 fully saturated rings. The standard InChI is InChI=1S/C14H17N3O3.C14H15N3O2.2CH4/c1-20-8-13(18)16-5-4-10-7-17-12-3-2-9(14(15)19)6-11(10)12;1-15-11-3-4-13-12(7-11)10(8-17-13)5-6-16-14(18)9-19-2;;/h2-3,6-7,17H,4-5,8H2,1H3,(H2,15,19)(H,16,18);3-4,7-8,17H,5-6,9H2,2H3,(H,16,18);2*1H4. The van der Waals surface area contributed by atoms with Crippen LogP contribution < -0.4 is 16.4 Å². The minimum Gasteiger partial charge on any atom is -0.375 e.